The Bertz CT molecular complexity index is 490. The molecule has 1 aromatic rings. The van der Waals surface area contributed by atoms with E-state index < -0.39 is 0 Å². The van der Waals surface area contributed by atoms with E-state index in [1.807, 2.05) is 30.3 Å². The number of rotatable bonds is 5. The fraction of sp³-hybridized carbons (Fsp3) is 0.500. The summed E-state index contributed by atoms with van der Waals surface area (Å²) in [5.41, 5.74) is 7.15. The molecule has 0 radical (unpaired) electrons. The molecule has 2 rings (SSSR count). The maximum Gasteiger partial charge on any atom is 0.242 e. The predicted octanol–water partition coefficient (Wildman–Crippen LogP) is 1.20. The zero-order chi connectivity index (χ0) is 15.2. The van der Waals surface area contributed by atoms with Crippen LogP contribution in [0.1, 0.15) is 37.3 Å². The number of hydrogen-bond donors (Lipinski definition) is 2. The summed E-state index contributed by atoms with van der Waals surface area (Å²) >= 11 is 0. The number of benzene rings is 1. The SMILES string of the molecule is CNC(=O)C1CCCN1C(=O)CCC(N)c1ccccc1. The number of hydrogen-bond acceptors (Lipinski definition) is 3. The summed E-state index contributed by atoms with van der Waals surface area (Å²) in [5, 5.41) is 2.62. The Morgan fingerprint density at radius 2 is 2.10 bits per heavy atom. The van der Waals surface area contributed by atoms with Crippen LogP contribution in [-0.2, 0) is 9.59 Å². The van der Waals surface area contributed by atoms with E-state index in [1.165, 1.54) is 0 Å². The first kappa shape index (κ1) is 15.5. The Hall–Kier alpha value is -1.88. The minimum atomic E-state index is -0.310. The monoisotopic (exact) mass is 289 g/mol. The van der Waals surface area contributed by atoms with Crippen molar-refractivity contribution >= 4 is 11.8 Å². The maximum absolute atomic E-state index is 12.3. The van der Waals surface area contributed by atoms with Crippen molar-refractivity contribution in [2.45, 2.75) is 37.8 Å². The van der Waals surface area contributed by atoms with Gasteiger partial charge in [0, 0.05) is 26.1 Å². The Kier molecular flexibility index (Phi) is 5.33. The van der Waals surface area contributed by atoms with Gasteiger partial charge in [-0.3, -0.25) is 9.59 Å². The first-order chi connectivity index (χ1) is 10.1. The fourth-order valence-corrected chi connectivity index (χ4v) is 2.79. The molecule has 114 valence electrons. The first-order valence-corrected chi connectivity index (χ1v) is 7.45. The highest BCUT2D eigenvalue weighted by Gasteiger charge is 2.33. The number of nitrogens with zero attached hydrogens (tertiary/aromatic N) is 1. The number of carbonyl (C=O) groups is 2. The van der Waals surface area contributed by atoms with Crippen molar-refractivity contribution in [1.82, 2.24) is 10.2 Å². The van der Waals surface area contributed by atoms with E-state index in [2.05, 4.69) is 5.32 Å². The third-order valence-corrected chi connectivity index (χ3v) is 4.02. The van der Waals surface area contributed by atoms with Crippen LogP contribution in [0.5, 0.6) is 0 Å². The summed E-state index contributed by atoms with van der Waals surface area (Å²) in [7, 11) is 1.61. The van der Waals surface area contributed by atoms with Gasteiger partial charge in [-0.05, 0) is 24.8 Å². The quantitative estimate of drug-likeness (QED) is 0.855. The normalized spacial score (nSPS) is 19.3. The van der Waals surface area contributed by atoms with Crippen molar-refractivity contribution in [2.24, 2.45) is 5.73 Å². The van der Waals surface area contributed by atoms with E-state index in [-0.39, 0.29) is 23.9 Å². The molecular formula is C16H23N3O2. The minimum Gasteiger partial charge on any atom is -0.357 e. The molecule has 1 saturated heterocycles. The van der Waals surface area contributed by atoms with Crippen LogP contribution < -0.4 is 11.1 Å². The second-order valence-electron chi connectivity index (χ2n) is 5.42. The van der Waals surface area contributed by atoms with Gasteiger partial charge in [0.2, 0.25) is 11.8 Å². The van der Waals surface area contributed by atoms with E-state index in [9.17, 15) is 9.59 Å². The van der Waals surface area contributed by atoms with Crippen LogP contribution in [0.4, 0.5) is 0 Å². The van der Waals surface area contributed by atoms with Crippen molar-refractivity contribution in [3.63, 3.8) is 0 Å². The van der Waals surface area contributed by atoms with Gasteiger partial charge in [0.05, 0.1) is 0 Å². The van der Waals surface area contributed by atoms with Crippen LogP contribution in [0.3, 0.4) is 0 Å². The lowest BCUT2D eigenvalue weighted by molar-refractivity contribution is -0.138. The van der Waals surface area contributed by atoms with E-state index in [4.69, 9.17) is 5.73 Å². The van der Waals surface area contributed by atoms with Gasteiger partial charge >= 0.3 is 0 Å². The Balaban J connectivity index is 1.88. The van der Waals surface area contributed by atoms with Crippen molar-refractivity contribution < 1.29 is 9.59 Å². The molecule has 5 heteroatoms. The van der Waals surface area contributed by atoms with E-state index >= 15 is 0 Å². The topological polar surface area (TPSA) is 75.4 Å². The molecule has 0 aliphatic carbocycles. The van der Waals surface area contributed by atoms with Crippen LogP contribution >= 0.6 is 0 Å². The molecule has 0 bridgehead atoms. The summed E-state index contributed by atoms with van der Waals surface area (Å²) < 4.78 is 0. The summed E-state index contributed by atoms with van der Waals surface area (Å²) in [6.45, 7) is 0.664. The van der Waals surface area contributed by atoms with Gasteiger partial charge in [0.15, 0.2) is 0 Å². The molecule has 1 fully saturated rings. The van der Waals surface area contributed by atoms with Gasteiger partial charge in [-0.1, -0.05) is 30.3 Å². The van der Waals surface area contributed by atoms with Crippen molar-refractivity contribution in [2.75, 3.05) is 13.6 Å². The van der Waals surface area contributed by atoms with E-state index in [1.54, 1.807) is 11.9 Å². The van der Waals surface area contributed by atoms with Crippen LogP contribution in [0.15, 0.2) is 30.3 Å². The molecule has 2 atom stereocenters. The molecule has 1 heterocycles. The lowest BCUT2D eigenvalue weighted by Gasteiger charge is -2.24. The smallest absolute Gasteiger partial charge is 0.242 e. The Morgan fingerprint density at radius 3 is 2.76 bits per heavy atom. The van der Waals surface area contributed by atoms with Gasteiger partial charge in [-0.15, -0.1) is 0 Å². The molecule has 1 aliphatic heterocycles. The summed E-state index contributed by atoms with van der Waals surface area (Å²) in [6.07, 6.45) is 2.61. The first-order valence-electron chi connectivity index (χ1n) is 7.45. The summed E-state index contributed by atoms with van der Waals surface area (Å²) in [4.78, 5) is 25.8. The number of nitrogens with one attached hydrogen (secondary N) is 1. The molecule has 3 N–H and O–H groups in total. The number of likely N-dealkylation sites (N-methyl/N-ethyl adjacent to an activating group) is 1. The highest BCUT2D eigenvalue weighted by atomic mass is 16.2. The van der Waals surface area contributed by atoms with E-state index in [0.29, 0.717) is 19.4 Å². The molecule has 5 nitrogen and oxygen atoms in total. The van der Waals surface area contributed by atoms with Gasteiger partial charge in [0.25, 0.3) is 0 Å². The molecule has 2 unspecified atom stereocenters. The molecule has 1 aromatic carbocycles. The van der Waals surface area contributed by atoms with Crippen LogP contribution in [0.25, 0.3) is 0 Å². The Morgan fingerprint density at radius 1 is 1.38 bits per heavy atom. The standard InChI is InChI=1S/C16H23N3O2/c1-18-16(21)14-8-5-11-19(14)15(20)10-9-13(17)12-6-3-2-4-7-12/h2-4,6-7,13-14H,5,8-11,17H2,1H3,(H,18,21). The van der Waals surface area contributed by atoms with Gasteiger partial charge in [0.1, 0.15) is 6.04 Å². The number of nitrogens with two attached hydrogens (primary N) is 1. The van der Waals surface area contributed by atoms with Crippen LogP contribution in [0, 0.1) is 0 Å². The second kappa shape index (κ2) is 7.22. The number of carbonyl (C=O) groups excluding carboxylic acids is 2. The number of likely N-dealkylation sites (tertiary alicyclic amines) is 1. The Labute approximate surface area is 125 Å². The minimum absolute atomic E-state index is 0.0208. The summed E-state index contributed by atoms with van der Waals surface area (Å²) in [5.74, 6) is -0.0549. The zero-order valence-corrected chi connectivity index (χ0v) is 12.4. The highest BCUT2D eigenvalue weighted by molar-refractivity contribution is 5.88. The highest BCUT2D eigenvalue weighted by Crippen LogP contribution is 2.21. The molecule has 21 heavy (non-hydrogen) atoms. The average Bonchev–Trinajstić information content (AvgIpc) is 3.02. The van der Waals surface area contributed by atoms with Gasteiger partial charge < -0.3 is 16.0 Å². The van der Waals surface area contributed by atoms with Crippen molar-refractivity contribution in [3.05, 3.63) is 35.9 Å². The van der Waals surface area contributed by atoms with Crippen molar-refractivity contribution in [1.29, 1.82) is 0 Å². The molecule has 0 aromatic heterocycles. The van der Waals surface area contributed by atoms with Crippen LogP contribution in [-0.4, -0.2) is 36.3 Å². The zero-order valence-electron chi connectivity index (χ0n) is 12.4. The third-order valence-electron chi connectivity index (χ3n) is 4.02. The largest absolute Gasteiger partial charge is 0.357 e. The van der Waals surface area contributed by atoms with Gasteiger partial charge in [-0.25, -0.2) is 0 Å². The third kappa shape index (κ3) is 3.82. The lowest BCUT2D eigenvalue weighted by Crippen LogP contribution is -2.45. The molecule has 0 spiro atoms. The van der Waals surface area contributed by atoms with Gasteiger partial charge in [-0.2, -0.15) is 0 Å². The van der Waals surface area contributed by atoms with Crippen LogP contribution in [0.2, 0.25) is 0 Å². The van der Waals surface area contributed by atoms with E-state index in [0.717, 1.165) is 18.4 Å². The second-order valence-corrected chi connectivity index (χ2v) is 5.42. The molecule has 0 saturated carbocycles. The fourth-order valence-electron chi connectivity index (χ4n) is 2.79. The maximum atomic E-state index is 12.3. The lowest BCUT2D eigenvalue weighted by atomic mass is 10.0. The average molecular weight is 289 g/mol. The molecule has 2 amide bonds. The summed E-state index contributed by atoms with van der Waals surface area (Å²) in [6, 6.07) is 9.32. The number of amides is 2. The molecule has 1 aliphatic rings. The van der Waals surface area contributed by atoms with Crippen molar-refractivity contribution in [3.8, 4) is 0 Å². The molecular weight excluding hydrogens is 266 g/mol. The predicted molar refractivity (Wildman–Crippen MR) is 81.4 cm³/mol.